The van der Waals surface area contributed by atoms with Crippen LogP contribution in [0.1, 0.15) is 29.9 Å². The van der Waals surface area contributed by atoms with E-state index in [4.69, 9.17) is 11.6 Å². The summed E-state index contributed by atoms with van der Waals surface area (Å²) in [6.45, 7) is 0.548. The molecular formula is C28H23ClN4O5. The van der Waals surface area contributed by atoms with Gasteiger partial charge in [-0.1, -0.05) is 41.9 Å². The Hall–Kier alpha value is -4.24. The van der Waals surface area contributed by atoms with Crippen LogP contribution in [0.4, 0.5) is 21.9 Å². The molecule has 3 aromatic carbocycles. The van der Waals surface area contributed by atoms with Crippen LogP contribution in [0.5, 0.6) is 0 Å². The molecule has 2 saturated heterocycles. The van der Waals surface area contributed by atoms with E-state index >= 15 is 0 Å². The minimum Gasteiger partial charge on any atom is -0.367 e. The van der Waals surface area contributed by atoms with E-state index in [1.807, 2.05) is 35.2 Å². The molecule has 0 saturated carbocycles. The number of halogens is 1. The molecule has 192 valence electrons. The second-order valence-corrected chi connectivity index (χ2v) is 10.4. The highest BCUT2D eigenvalue weighted by molar-refractivity contribution is 6.32. The highest BCUT2D eigenvalue weighted by Gasteiger charge is 2.63. The van der Waals surface area contributed by atoms with Crippen LogP contribution in [0.15, 0.2) is 72.8 Å². The van der Waals surface area contributed by atoms with Crippen molar-refractivity contribution in [1.82, 2.24) is 5.32 Å². The number of nitrogens with zero attached hydrogens (tertiary/aromatic N) is 3. The third kappa shape index (κ3) is 3.65. The monoisotopic (exact) mass is 530 g/mol. The SMILES string of the molecule is O=C1NC(=O)[C@]2(Cc3cc([N+](=O)[O-])ccc3N3CC[C@@H](c4ccccc4)C[C@@H]32)C(=O)N1c1ccc(Cl)cc1. The number of anilines is 2. The van der Waals surface area contributed by atoms with Crippen molar-refractivity contribution in [3.05, 3.63) is 99.1 Å². The van der Waals surface area contributed by atoms with Gasteiger partial charge in [0.05, 0.1) is 16.7 Å². The lowest BCUT2D eigenvalue weighted by Crippen LogP contribution is -2.73. The largest absolute Gasteiger partial charge is 0.367 e. The molecule has 0 aliphatic carbocycles. The van der Waals surface area contributed by atoms with Crippen molar-refractivity contribution in [3.63, 3.8) is 0 Å². The number of fused-ring (bicyclic) bond motifs is 4. The molecule has 10 heteroatoms. The summed E-state index contributed by atoms with van der Waals surface area (Å²) in [5.74, 6) is -1.23. The van der Waals surface area contributed by atoms with Crippen LogP contribution in [-0.4, -0.2) is 35.4 Å². The van der Waals surface area contributed by atoms with Crippen molar-refractivity contribution in [2.45, 2.75) is 31.2 Å². The zero-order chi connectivity index (χ0) is 26.6. The normalized spacial score (nSPS) is 24.6. The number of carbonyl (C=O) groups excluding carboxylic acids is 3. The molecule has 0 aromatic heterocycles. The third-order valence-corrected chi connectivity index (χ3v) is 8.25. The molecule has 9 nitrogen and oxygen atoms in total. The number of non-ortho nitro benzene ring substituents is 1. The summed E-state index contributed by atoms with van der Waals surface area (Å²) in [5, 5.41) is 14.4. The van der Waals surface area contributed by atoms with E-state index in [2.05, 4.69) is 5.32 Å². The Bertz CT molecular complexity index is 1480. The first-order valence-electron chi connectivity index (χ1n) is 12.3. The quantitative estimate of drug-likeness (QED) is 0.295. The molecule has 2 fully saturated rings. The van der Waals surface area contributed by atoms with Gasteiger partial charge >= 0.3 is 6.03 Å². The summed E-state index contributed by atoms with van der Waals surface area (Å²) in [5.41, 5.74) is 0.923. The molecular weight excluding hydrogens is 508 g/mol. The van der Waals surface area contributed by atoms with Crippen LogP contribution < -0.4 is 15.1 Å². The fourth-order valence-corrected chi connectivity index (χ4v) is 6.33. The summed E-state index contributed by atoms with van der Waals surface area (Å²) in [6, 6.07) is 19.4. The maximum absolute atomic E-state index is 14.4. The van der Waals surface area contributed by atoms with Crippen LogP contribution in [0, 0.1) is 15.5 Å². The first-order valence-corrected chi connectivity index (χ1v) is 12.7. The molecule has 6 rings (SSSR count). The minimum absolute atomic E-state index is 0.0608. The lowest BCUT2D eigenvalue weighted by atomic mass is 9.64. The van der Waals surface area contributed by atoms with Gasteiger partial charge in [0.15, 0.2) is 5.41 Å². The molecule has 38 heavy (non-hydrogen) atoms. The number of carbonyl (C=O) groups is 3. The Morgan fingerprint density at radius 2 is 1.74 bits per heavy atom. The molecule has 3 aliphatic heterocycles. The van der Waals surface area contributed by atoms with Gasteiger partial charge < -0.3 is 4.90 Å². The summed E-state index contributed by atoms with van der Waals surface area (Å²) >= 11 is 6.03. The van der Waals surface area contributed by atoms with Gasteiger partial charge in [-0.15, -0.1) is 0 Å². The maximum Gasteiger partial charge on any atom is 0.335 e. The van der Waals surface area contributed by atoms with E-state index in [0.29, 0.717) is 23.6 Å². The number of nitro groups is 1. The van der Waals surface area contributed by atoms with Crippen molar-refractivity contribution in [2.24, 2.45) is 5.41 Å². The van der Waals surface area contributed by atoms with E-state index in [1.54, 1.807) is 30.3 Å². The number of imide groups is 2. The first-order chi connectivity index (χ1) is 18.3. The van der Waals surface area contributed by atoms with Crippen molar-refractivity contribution < 1.29 is 19.3 Å². The molecule has 3 aliphatic rings. The van der Waals surface area contributed by atoms with Crippen LogP contribution >= 0.6 is 11.6 Å². The second-order valence-electron chi connectivity index (χ2n) is 9.94. The Balaban J connectivity index is 1.50. The Morgan fingerprint density at radius 1 is 1.00 bits per heavy atom. The summed E-state index contributed by atoms with van der Waals surface area (Å²) in [7, 11) is 0. The minimum atomic E-state index is -1.66. The second kappa shape index (κ2) is 8.95. The smallest absolute Gasteiger partial charge is 0.335 e. The van der Waals surface area contributed by atoms with Crippen molar-refractivity contribution in [1.29, 1.82) is 0 Å². The number of amides is 4. The van der Waals surface area contributed by atoms with Crippen LogP contribution in [0.2, 0.25) is 5.02 Å². The van der Waals surface area contributed by atoms with E-state index in [1.165, 1.54) is 12.1 Å². The van der Waals surface area contributed by atoms with Crippen LogP contribution in [-0.2, 0) is 16.0 Å². The zero-order valence-electron chi connectivity index (χ0n) is 20.2. The number of benzene rings is 3. The van der Waals surface area contributed by atoms with Crippen molar-refractivity contribution >= 4 is 46.5 Å². The zero-order valence-corrected chi connectivity index (χ0v) is 20.9. The lowest BCUT2D eigenvalue weighted by molar-refractivity contribution is -0.384. The van der Waals surface area contributed by atoms with E-state index < -0.39 is 34.2 Å². The number of hydrogen-bond donors (Lipinski definition) is 1. The van der Waals surface area contributed by atoms with E-state index in [9.17, 15) is 24.5 Å². The molecule has 3 aromatic rings. The molecule has 0 radical (unpaired) electrons. The number of barbiturate groups is 1. The number of nitrogens with one attached hydrogen (secondary N) is 1. The average Bonchev–Trinajstić information content (AvgIpc) is 2.92. The van der Waals surface area contributed by atoms with E-state index in [0.717, 1.165) is 22.6 Å². The molecule has 4 amide bonds. The third-order valence-electron chi connectivity index (χ3n) is 7.99. The Labute approximate surface area is 223 Å². The maximum atomic E-state index is 14.4. The van der Waals surface area contributed by atoms with Gasteiger partial charge in [-0.3, -0.25) is 25.0 Å². The van der Waals surface area contributed by atoms with Crippen molar-refractivity contribution in [3.8, 4) is 0 Å². The molecule has 3 heterocycles. The first kappa shape index (κ1) is 24.1. The molecule has 0 bridgehead atoms. The van der Waals surface area contributed by atoms with Gasteiger partial charge in [0.1, 0.15) is 0 Å². The van der Waals surface area contributed by atoms with Gasteiger partial charge in [0.25, 0.3) is 11.6 Å². The number of urea groups is 1. The standard InChI is InChI=1S/C28H23ClN4O5/c29-20-6-8-21(9-7-20)32-26(35)28(25(34)30-27(32)36)16-19-14-22(33(37)38)10-11-23(19)31-13-12-18(15-24(28)31)17-4-2-1-3-5-17/h1-11,14,18,24H,12-13,15-16H2,(H,30,34,36)/t18-,24-,28-/m1/s1. The molecule has 0 unspecified atom stereocenters. The number of hydrogen-bond acceptors (Lipinski definition) is 6. The predicted octanol–water partition coefficient (Wildman–Crippen LogP) is 4.83. The Morgan fingerprint density at radius 3 is 2.45 bits per heavy atom. The topological polar surface area (TPSA) is 113 Å². The lowest BCUT2D eigenvalue weighted by Gasteiger charge is -2.54. The fraction of sp³-hybridized carbons (Fsp3) is 0.250. The van der Waals surface area contributed by atoms with Crippen LogP contribution in [0.3, 0.4) is 0 Å². The summed E-state index contributed by atoms with van der Waals surface area (Å²) < 4.78 is 0. The number of nitro benzene ring substituents is 1. The van der Waals surface area contributed by atoms with Gasteiger partial charge in [-0.25, -0.2) is 9.69 Å². The molecule has 3 atom stereocenters. The van der Waals surface area contributed by atoms with Gasteiger partial charge in [0.2, 0.25) is 5.91 Å². The predicted molar refractivity (Wildman–Crippen MR) is 141 cm³/mol. The Kier molecular flexibility index (Phi) is 5.68. The summed E-state index contributed by atoms with van der Waals surface area (Å²) in [6.07, 6.45) is 1.22. The van der Waals surface area contributed by atoms with E-state index in [-0.39, 0.29) is 23.7 Å². The van der Waals surface area contributed by atoms with Gasteiger partial charge in [-0.2, -0.15) is 0 Å². The number of piperidine rings is 1. The summed E-state index contributed by atoms with van der Waals surface area (Å²) in [4.78, 5) is 55.2. The highest BCUT2D eigenvalue weighted by atomic mass is 35.5. The van der Waals surface area contributed by atoms with Gasteiger partial charge in [0, 0.05) is 35.8 Å². The fourth-order valence-electron chi connectivity index (χ4n) is 6.20. The van der Waals surface area contributed by atoms with Gasteiger partial charge in [-0.05, 0) is 60.2 Å². The molecule has 1 N–H and O–H groups in total. The average molecular weight is 531 g/mol. The number of rotatable bonds is 3. The van der Waals surface area contributed by atoms with Crippen molar-refractivity contribution in [2.75, 3.05) is 16.3 Å². The highest BCUT2D eigenvalue weighted by Crippen LogP contribution is 2.51. The van der Waals surface area contributed by atoms with Crippen LogP contribution in [0.25, 0.3) is 0 Å². The molecule has 1 spiro atoms.